The first-order chi connectivity index (χ1) is 9.17. The van der Waals surface area contributed by atoms with Crippen molar-refractivity contribution in [3.63, 3.8) is 0 Å². The number of hydrogen-bond acceptors (Lipinski definition) is 4. The summed E-state index contributed by atoms with van der Waals surface area (Å²) in [6.07, 6.45) is 1.89. The number of aliphatic hydroxyl groups excluding tert-OH is 1. The predicted molar refractivity (Wildman–Crippen MR) is 74.8 cm³/mol. The highest BCUT2D eigenvalue weighted by Crippen LogP contribution is 2.22. The quantitative estimate of drug-likeness (QED) is 0.803. The molecular weight excluding hydrogens is 266 g/mol. The average Bonchev–Trinajstić information content (AvgIpc) is 2.36. The van der Waals surface area contributed by atoms with E-state index in [1.54, 1.807) is 31.4 Å². The van der Waals surface area contributed by atoms with E-state index in [0.29, 0.717) is 29.5 Å². The molecule has 5 heteroatoms. The molecule has 0 aromatic heterocycles. The average molecular weight is 286 g/mol. The monoisotopic (exact) mass is 285 g/mol. The van der Waals surface area contributed by atoms with E-state index in [2.05, 4.69) is 5.32 Å². The molecule has 0 saturated heterocycles. The number of halogens is 1. The zero-order chi connectivity index (χ0) is 13.7. The van der Waals surface area contributed by atoms with Gasteiger partial charge in [0.2, 0.25) is 0 Å². The summed E-state index contributed by atoms with van der Waals surface area (Å²) < 4.78 is 10.7. The summed E-state index contributed by atoms with van der Waals surface area (Å²) in [6, 6.07) is 7.56. The second kappa shape index (κ2) is 7.10. The van der Waals surface area contributed by atoms with E-state index in [-0.39, 0.29) is 6.61 Å². The van der Waals surface area contributed by atoms with Crippen molar-refractivity contribution in [1.29, 1.82) is 0 Å². The van der Waals surface area contributed by atoms with Crippen molar-refractivity contribution >= 4 is 11.6 Å². The Morgan fingerprint density at radius 3 is 2.68 bits per heavy atom. The SMILES string of the molecule is COC1CC(NCC(O)COc2ccc(Cl)cc2)C1. The van der Waals surface area contributed by atoms with Gasteiger partial charge in [-0.15, -0.1) is 0 Å². The summed E-state index contributed by atoms with van der Waals surface area (Å²) in [6.45, 7) is 0.809. The summed E-state index contributed by atoms with van der Waals surface area (Å²) in [5.41, 5.74) is 0. The van der Waals surface area contributed by atoms with E-state index in [9.17, 15) is 5.11 Å². The Kier molecular flexibility index (Phi) is 5.45. The first-order valence-electron chi connectivity index (χ1n) is 6.50. The summed E-state index contributed by atoms with van der Waals surface area (Å²) >= 11 is 5.78. The van der Waals surface area contributed by atoms with E-state index in [1.165, 1.54) is 0 Å². The van der Waals surface area contributed by atoms with E-state index in [1.807, 2.05) is 0 Å². The van der Waals surface area contributed by atoms with Gasteiger partial charge in [0.15, 0.2) is 0 Å². The Labute approximate surface area is 118 Å². The molecule has 0 bridgehead atoms. The topological polar surface area (TPSA) is 50.7 Å². The van der Waals surface area contributed by atoms with Crippen molar-refractivity contribution in [3.8, 4) is 5.75 Å². The molecule has 0 aliphatic heterocycles. The molecule has 0 radical (unpaired) electrons. The van der Waals surface area contributed by atoms with Gasteiger partial charge in [-0.1, -0.05) is 11.6 Å². The number of benzene rings is 1. The second-order valence-electron chi connectivity index (χ2n) is 4.85. The van der Waals surface area contributed by atoms with E-state index < -0.39 is 6.10 Å². The van der Waals surface area contributed by atoms with Crippen LogP contribution < -0.4 is 10.1 Å². The first-order valence-corrected chi connectivity index (χ1v) is 6.87. The molecule has 1 aliphatic rings. The zero-order valence-electron chi connectivity index (χ0n) is 11.0. The molecule has 1 unspecified atom stereocenters. The van der Waals surface area contributed by atoms with Crippen LogP contribution in [0.5, 0.6) is 5.75 Å². The lowest BCUT2D eigenvalue weighted by molar-refractivity contribution is 0.0117. The van der Waals surface area contributed by atoms with Gasteiger partial charge in [-0.05, 0) is 37.1 Å². The minimum atomic E-state index is -0.516. The van der Waals surface area contributed by atoms with Crippen molar-refractivity contribution in [3.05, 3.63) is 29.3 Å². The summed E-state index contributed by atoms with van der Waals surface area (Å²) in [7, 11) is 1.73. The normalized spacial score (nSPS) is 23.7. The molecule has 0 spiro atoms. The van der Waals surface area contributed by atoms with Gasteiger partial charge >= 0.3 is 0 Å². The van der Waals surface area contributed by atoms with Gasteiger partial charge in [-0.2, -0.15) is 0 Å². The summed E-state index contributed by atoms with van der Waals surface area (Å²) in [4.78, 5) is 0. The Morgan fingerprint density at radius 1 is 1.37 bits per heavy atom. The number of aliphatic hydroxyl groups is 1. The minimum absolute atomic E-state index is 0.273. The van der Waals surface area contributed by atoms with Gasteiger partial charge in [0.1, 0.15) is 18.5 Å². The molecule has 1 aromatic rings. The largest absolute Gasteiger partial charge is 0.491 e. The van der Waals surface area contributed by atoms with Crippen LogP contribution in [0.15, 0.2) is 24.3 Å². The lowest BCUT2D eigenvalue weighted by Crippen LogP contribution is -2.48. The van der Waals surface area contributed by atoms with Crippen LogP contribution in [0.1, 0.15) is 12.8 Å². The fourth-order valence-corrected chi connectivity index (χ4v) is 2.14. The van der Waals surface area contributed by atoms with Crippen molar-refractivity contribution in [2.75, 3.05) is 20.3 Å². The van der Waals surface area contributed by atoms with Crippen LogP contribution in [0.4, 0.5) is 0 Å². The van der Waals surface area contributed by atoms with Crippen LogP contribution >= 0.6 is 11.6 Å². The van der Waals surface area contributed by atoms with E-state index >= 15 is 0 Å². The summed E-state index contributed by atoms with van der Waals surface area (Å²) in [5.74, 6) is 0.714. The Hall–Kier alpha value is -0.810. The molecule has 106 valence electrons. The van der Waals surface area contributed by atoms with Gasteiger partial charge in [-0.3, -0.25) is 0 Å². The highest BCUT2D eigenvalue weighted by Gasteiger charge is 2.28. The molecule has 2 rings (SSSR count). The van der Waals surface area contributed by atoms with Crippen molar-refractivity contribution < 1.29 is 14.6 Å². The maximum atomic E-state index is 9.81. The van der Waals surface area contributed by atoms with Crippen molar-refractivity contribution in [2.45, 2.75) is 31.1 Å². The van der Waals surface area contributed by atoms with Gasteiger partial charge < -0.3 is 19.9 Å². The third-order valence-corrected chi connectivity index (χ3v) is 3.58. The van der Waals surface area contributed by atoms with Crippen molar-refractivity contribution in [2.24, 2.45) is 0 Å². The van der Waals surface area contributed by atoms with Crippen molar-refractivity contribution in [1.82, 2.24) is 5.32 Å². The molecular formula is C14H20ClNO3. The molecule has 1 aromatic carbocycles. The number of rotatable bonds is 7. The molecule has 2 N–H and O–H groups in total. The third kappa shape index (κ3) is 4.66. The van der Waals surface area contributed by atoms with Crippen LogP contribution in [0.25, 0.3) is 0 Å². The van der Waals surface area contributed by atoms with Gasteiger partial charge in [-0.25, -0.2) is 0 Å². The number of hydrogen-bond donors (Lipinski definition) is 2. The number of ether oxygens (including phenoxy) is 2. The molecule has 1 atom stereocenters. The standard InChI is InChI=1S/C14H20ClNO3/c1-18-14-6-11(7-14)16-8-12(17)9-19-13-4-2-10(15)3-5-13/h2-5,11-12,14,16-17H,6-9H2,1H3. The Balaban J connectivity index is 1.59. The maximum Gasteiger partial charge on any atom is 0.119 e. The first kappa shape index (κ1) is 14.6. The number of methoxy groups -OCH3 is 1. The van der Waals surface area contributed by atoms with Crippen LogP contribution in [-0.4, -0.2) is 43.6 Å². The molecule has 1 fully saturated rings. The lowest BCUT2D eigenvalue weighted by Gasteiger charge is -2.35. The van der Waals surface area contributed by atoms with Crippen LogP contribution in [-0.2, 0) is 4.74 Å². The molecule has 0 amide bonds. The number of nitrogens with one attached hydrogen (secondary N) is 1. The highest BCUT2D eigenvalue weighted by atomic mass is 35.5. The van der Waals surface area contributed by atoms with Gasteiger partial charge in [0.25, 0.3) is 0 Å². The summed E-state index contributed by atoms with van der Waals surface area (Å²) in [5, 5.41) is 13.8. The minimum Gasteiger partial charge on any atom is -0.491 e. The van der Waals surface area contributed by atoms with Crippen LogP contribution in [0.3, 0.4) is 0 Å². The van der Waals surface area contributed by atoms with E-state index in [4.69, 9.17) is 21.1 Å². The highest BCUT2D eigenvalue weighted by molar-refractivity contribution is 6.30. The van der Waals surface area contributed by atoms with Gasteiger partial charge in [0.05, 0.1) is 6.10 Å². The fourth-order valence-electron chi connectivity index (χ4n) is 2.01. The fraction of sp³-hybridized carbons (Fsp3) is 0.571. The lowest BCUT2D eigenvalue weighted by atomic mass is 9.89. The van der Waals surface area contributed by atoms with Gasteiger partial charge in [0, 0.05) is 24.7 Å². The zero-order valence-corrected chi connectivity index (χ0v) is 11.8. The Morgan fingerprint density at radius 2 is 2.05 bits per heavy atom. The maximum absolute atomic E-state index is 9.81. The Bertz CT molecular complexity index is 379. The second-order valence-corrected chi connectivity index (χ2v) is 5.29. The molecule has 0 heterocycles. The molecule has 19 heavy (non-hydrogen) atoms. The van der Waals surface area contributed by atoms with Crippen LogP contribution in [0.2, 0.25) is 5.02 Å². The van der Waals surface area contributed by atoms with E-state index in [0.717, 1.165) is 12.8 Å². The van der Waals surface area contributed by atoms with Crippen LogP contribution in [0, 0.1) is 0 Å². The third-order valence-electron chi connectivity index (χ3n) is 3.33. The smallest absolute Gasteiger partial charge is 0.119 e. The predicted octanol–water partition coefficient (Wildman–Crippen LogP) is 1.85. The molecule has 4 nitrogen and oxygen atoms in total. The molecule has 1 aliphatic carbocycles. The molecule has 1 saturated carbocycles.